The van der Waals surface area contributed by atoms with E-state index in [9.17, 15) is 13.6 Å². The molecule has 0 radical (unpaired) electrons. The third-order valence-corrected chi connectivity index (χ3v) is 2.60. The van der Waals surface area contributed by atoms with E-state index in [0.29, 0.717) is 28.9 Å². The molecule has 0 saturated heterocycles. The Bertz CT molecular complexity index is 429. The Labute approximate surface area is 108 Å². The number of amides is 1. The molecule has 1 aromatic carbocycles. The van der Waals surface area contributed by atoms with Crippen LogP contribution in [0.3, 0.4) is 0 Å². The summed E-state index contributed by atoms with van der Waals surface area (Å²) in [5.74, 6) is -0.335. The Morgan fingerprint density at radius 2 is 2.06 bits per heavy atom. The van der Waals surface area contributed by atoms with Gasteiger partial charge in [-0.2, -0.15) is 8.78 Å². The van der Waals surface area contributed by atoms with Crippen LogP contribution in [-0.2, 0) is 4.79 Å². The lowest BCUT2D eigenvalue weighted by molar-refractivity contribution is -0.115. The number of hydrogen-bond acceptors (Lipinski definition) is 3. The molecule has 1 aromatic rings. The van der Waals surface area contributed by atoms with Gasteiger partial charge in [0.25, 0.3) is 5.76 Å². The highest BCUT2D eigenvalue weighted by atomic mass is 32.2. The quantitative estimate of drug-likeness (QED) is 0.473. The van der Waals surface area contributed by atoms with Gasteiger partial charge in [-0.25, -0.2) is 0 Å². The van der Waals surface area contributed by atoms with Crippen LogP contribution >= 0.6 is 11.8 Å². The van der Waals surface area contributed by atoms with E-state index in [4.69, 9.17) is 6.42 Å². The molecule has 3 nitrogen and oxygen atoms in total. The molecule has 6 heteroatoms. The summed E-state index contributed by atoms with van der Waals surface area (Å²) in [5, 5.41) is 5.36. The van der Waals surface area contributed by atoms with Gasteiger partial charge in [0.2, 0.25) is 5.91 Å². The van der Waals surface area contributed by atoms with Crippen molar-refractivity contribution >= 4 is 23.4 Å². The van der Waals surface area contributed by atoms with Crippen LogP contribution in [0.25, 0.3) is 0 Å². The number of benzene rings is 1. The van der Waals surface area contributed by atoms with Crippen molar-refractivity contribution in [3.8, 4) is 12.3 Å². The molecular weight excluding hydrogens is 258 g/mol. The van der Waals surface area contributed by atoms with Crippen LogP contribution in [0.1, 0.15) is 0 Å². The first-order valence-electron chi connectivity index (χ1n) is 5.10. The average molecular weight is 270 g/mol. The first kappa shape index (κ1) is 14.5. The zero-order valence-corrected chi connectivity index (χ0v) is 10.3. The number of hydrogen-bond donors (Lipinski definition) is 2. The number of rotatable bonds is 6. The second-order valence-electron chi connectivity index (χ2n) is 3.26. The molecule has 2 N–H and O–H groups in total. The Hall–Kier alpha value is -1.58. The maximum absolute atomic E-state index is 12.1. The number of thioether (sulfide) groups is 1. The Balaban J connectivity index is 2.43. The highest BCUT2D eigenvalue weighted by molar-refractivity contribution is 7.99. The molecule has 0 fully saturated rings. The molecule has 0 aliphatic carbocycles. The number of halogens is 2. The third kappa shape index (κ3) is 5.66. The summed E-state index contributed by atoms with van der Waals surface area (Å²) in [6.07, 6.45) is 5.02. The van der Waals surface area contributed by atoms with Crippen LogP contribution in [0.5, 0.6) is 0 Å². The number of nitrogens with one attached hydrogen (secondary N) is 2. The van der Waals surface area contributed by atoms with Crippen LogP contribution < -0.4 is 10.6 Å². The van der Waals surface area contributed by atoms with Crippen molar-refractivity contribution in [1.82, 2.24) is 5.32 Å². The smallest absolute Gasteiger partial charge is 0.288 e. The van der Waals surface area contributed by atoms with Gasteiger partial charge in [0.15, 0.2) is 0 Å². The Morgan fingerprint density at radius 3 is 2.61 bits per heavy atom. The van der Waals surface area contributed by atoms with Crippen LogP contribution in [0, 0.1) is 12.3 Å². The summed E-state index contributed by atoms with van der Waals surface area (Å²) >= 11 is 0.462. The lowest BCUT2D eigenvalue weighted by Crippen LogP contribution is -2.28. The van der Waals surface area contributed by atoms with E-state index in [-0.39, 0.29) is 12.5 Å². The van der Waals surface area contributed by atoms with Gasteiger partial charge in [0, 0.05) is 10.6 Å². The maximum Gasteiger partial charge on any atom is 0.288 e. The number of alkyl halides is 2. The van der Waals surface area contributed by atoms with Crippen LogP contribution in [0.15, 0.2) is 29.2 Å². The summed E-state index contributed by atoms with van der Waals surface area (Å²) in [7, 11) is 0. The second-order valence-corrected chi connectivity index (χ2v) is 4.32. The first-order chi connectivity index (χ1) is 8.61. The van der Waals surface area contributed by atoms with E-state index >= 15 is 0 Å². The van der Waals surface area contributed by atoms with E-state index in [1.54, 1.807) is 12.1 Å². The second kappa shape index (κ2) is 7.69. The molecule has 0 aliphatic rings. The van der Waals surface area contributed by atoms with Gasteiger partial charge in [-0.1, -0.05) is 17.7 Å². The van der Waals surface area contributed by atoms with Crippen molar-refractivity contribution < 1.29 is 13.6 Å². The predicted octanol–water partition coefficient (Wildman–Crippen LogP) is 2.16. The van der Waals surface area contributed by atoms with Gasteiger partial charge in [-0.05, 0) is 24.3 Å². The lowest BCUT2D eigenvalue weighted by Gasteiger charge is -2.06. The molecule has 96 valence electrons. The fraction of sp³-hybridized carbons (Fsp3) is 0.250. The van der Waals surface area contributed by atoms with Crippen molar-refractivity contribution in [2.45, 2.75) is 10.7 Å². The first-order valence-corrected chi connectivity index (χ1v) is 5.98. The molecule has 0 heterocycles. The molecule has 0 saturated carbocycles. The number of carbonyl (C=O) groups excluding carboxylic acids is 1. The van der Waals surface area contributed by atoms with Crippen molar-refractivity contribution in [2.75, 3.05) is 18.4 Å². The molecular formula is C12H12F2N2OS. The van der Waals surface area contributed by atoms with Crippen LogP contribution in [0.4, 0.5) is 14.5 Å². The van der Waals surface area contributed by atoms with Crippen LogP contribution in [-0.4, -0.2) is 24.8 Å². The van der Waals surface area contributed by atoms with Gasteiger partial charge in [-0.3, -0.25) is 10.1 Å². The van der Waals surface area contributed by atoms with Crippen molar-refractivity contribution in [1.29, 1.82) is 0 Å². The van der Waals surface area contributed by atoms with Crippen molar-refractivity contribution in [2.24, 2.45) is 0 Å². The normalized spacial score (nSPS) is 10.1. The molecule has 0 aliphatic heterocycles. The van der Waals surface area contributed by atoms with Gasteiger partial charge in [-0.15, -0.1) is 6.42 Å². The minimum absolute atomic E-state index is 0.109. The van der Waals surface area contributed by atoms with Gasteiger partial charge >= 0.3 is 0 Å². The van der Waals surface area contributed by atoms with Crippen molar-refractivity contribution in [3.05, 3.63) is 24.3 Å². The Morgan fingerprint density at radius 1 is 1.39 bits per heavy atom. The molecule has 0 spiro atoms. The summed E-state index contributed by atoms with van der Waals surface area (Å²) in [6.45, 7) is 0.426. The molecule has 0 bridgehead atoms. The number of anilines is 1. The number of carbonyl (C=O) groups is 1. The molecule has 0 unspecified atom stereocenters. The topological polar surface area (TPSA) is 41.1 Å². The standard InChI is InChI=1S/C12H12F2N2OS/c1-2-7-15-8-11(17)16-9-3-5-10(6-4-9)18-12(13)14/h1,3-6,12,15H,7-8H2,(H,16,17). The SMILES string of the molecule is C#CCNCC(=O)Nc1ccc(SC(F)F)cc1. The molecule has 0 atom stereocenters. The van der Waals surface area contributed by atoms with E-state index in [1.165, 1.54) is 12.1 Å². The number of terminal acetylenes is 1. The zero-order valence-electron chi connectivity index (χ0n) is 9.45. The summed E-state index contributed by atoms with van der Waals surface area (Å²) in [6, 6.07) is 6.20. The lowest BCUT2D eigenvalue weighted by atomic mass is 10.3. The molecule has 1 amide bonds. The summed E-state index contributed by atoms with van der Waals surface area (Å²) < 4.78 is 24.1. The van der Waals surface area contributed by atoms with Crippen LogP contribution in [0.2, 0.25) is 0 Å². The third-order valence-electron chi connectivity index (χ3n) is 1.88. The fourth-order valence-corrected chi connectivity index (χ4v) is 1.67. The fourth-order valence-electron chi connectivity index (χ4n) is 1.17. The van der Waals surface area contributed by atoms with Gasteiger partial charge in [0.1, 0.15) is 0 Å². The minimum atomic E-state index is -2.45. The van der Waals surface area contributed by atoms with E-state index in [1.807, 2.05) is 0 Å². The zero-order chi connectivity index (χ0) is 13.4. The highest BCUT2D eigenvalue weighted by Crippen LogP contribution is 2.25. The van der Waals surface area contributed by atoms with Gasteiger partial charge < -0.3 is 5.32 Å². The molecule has 18 heavy (non-hydrogen) atoms. The molecule has 0 aromatic heterocycles. The van der Waals surface area contributed by atoms with E-state index in [0.717, 1.165) is 0 Å². The average Bonchev–Trinajstić information content (AvgIpc) is 2.31. The van der Waals surface area contributed by atoms with Crippen molar-refractivity contribution in [3.63, 3.8) is 0 Å². The van der Waals surface area contributed by atoms with E-state index < -0.39 is 5.76 Å². The summed E-state index contributed by atoms with van der Waals surface area (Å²) in [5.41, 5.74) is 0.557. The van der Waals surface area contributed by atoms with E-state index in [2.05, 4.69) is 16.6 Å². The minimum Gasteiger partial charge on any atom is -0.325 e. The monoisotopic (exact) mass is 270 g/mol. The predicted molar refractivity (Wildman–Crippen MR) is 68.6 cm³/mol. The summed E-state index contributed by atoms with van der Waals surface area (Å²) in [4.78, 5) is 11.8. The Kier molecular flexibility index (Phi) is 6.19. The van der Waals surface area contributed by atoms with Gasteiger partial charge in [0.05, 0.1) is 13.1 Å². The largest absolute Gasteiger partial charge is 0.325 e. The molecule has 1 rings (SSSR count). The maximum atomic E-state index is 12.1. The highest BCUT2D eigenvalue weighted by Gasteiger charge is 2.05.